The number of rotatable bonds is 4. The number of likely N-dealkylation sites (tertiary alicyclic amines) is 1. The molecule has 0 bridgehead atoms. The molecule has 1 aromatic rings. The molecule has 0 radical (unpaired) electrons. The number of para-hydroxylation sites is 1. The summed E-state index contributed by atoms with van der Waals surface area (Å²) in [6.07, 6.45) is 3.82. The lowest BCUT2D eigenvalue weighted by Crippen LogP contribution is -2.37. The van der Waals surface area contributed by atoms with Crippen molar-refractivity contribution in [3.8, 4) is 5.75 Å². The fourth-order valence-corrected chi connectivity index (χ4v) is 3.29. The highest BCUT2D eigenvalue weighted by molar-refractivity contribution is 5.37. The highest BCUT2D eigenvalue weighted by Gasteiger charge is 2.23. The number of nitrogens with one attached hydrogen (secondary N) is 1. The number of ether oxygens (including phenoxy) is 1. The predicted molar refractivity (Wildman–Crippen MR) is 77.8 cm³/mol. The Balaban J connectivity index is 1.53. The minimum absolute atomic E-state index is 0.608. The van der Waals surface area contributed by atoms with E-state index in [-0.39, 0.29) is 0 Å². The molecule has 104 valence electrons. The minimum Gasteiger partial charge on any atom is -0.493 e. The molecule has 0 aromatic heterocycles. The van der Waals surface area contributed by atoms with Crippen LogP contribution in [0.3, 0.4) is 0 Å². The summed E-state index contributed by atoms with van der Waals surface area (Å²) in [5.74, 6) is 1.69. The van der Waals surface area contributed by atoms with Crippen molar-refractivity contribution in [1.82, 2.24) is 10.2 Å². The third-order valence-corrected chi connectivity index (χ3v) is 4.52. The number of fused-ring (bicyclic) bond motifs is 1. The molecule has 2 aliphatic rings. The topological polar surface area (TPSA) is 24.5 Å². The molecule has 3 nitrogen and oxygen atoms in total. The van der Waals surface area contributed by atoms with Gasteiger partial charge in [-0.05, 0) is 44.5 Å². The zero-order valence-corrected chi connectivity index (χ0v) is 11.8. The van der Waals surface area contributed by atoms with E-state index < -0.39 is 0 Å². The van der Waals surface area contributed by atoms with Crippen LogP contribution in [0.1, 0.15) is 30.7 Å². The van der Waals surface area contributed by atoms with Crippen molar-refractivity contribution in [1.29, 1.82) is 0 Å². The molecule has 1 saturated heterocycles. The molecule has 0 amide bonds. The first-order valence-corrected chi connectivity index (χ1v) is 7.47. The van der Waals surface area contributed by atoms with Gasteiger partial charge in [0, 0.05) is 25.0 Å². The van der Waals surface area contributed by atoms with E-state index in [0.717, 1.165) is 37.9 Å². The van der Waals surface area contributed by atoms with Crippen molar-refractivity contribution in [2.45, 2.75) is 31.2 Å². The van der Waals surface area contributed by atoms with Crippen LogP contribution in [-0.2, 0) is 0 Å². The molecule has 0 saturated carbocycles. The third kappa shape index (κ3) is 2.93. The van der Waals surface area contributed by atoms with Gasteiger partial charge in [0.05, 0.1) is 6.61 Å². The molecule has 1 aromatic carbocycles. The second-order valence-corrected chi connectivity index (χ2v) is 5.81. The summed E-state index contributed by atoms with van der Waals surface area (Å²) in [4.78, 5) is 2.48. The van der Waals surface area contributed by atoms with Crippen molar-refractivity contribution in [2.24, 2.45) is 0 Å². The molecule has 2 aliphatic heterocycles. The first kappa shape index (κ1) is 12.9. The van der Waals surface area contributed by atoms with Crippen LogP contribution in [0.4, 0.5) is 0 Å². The zero-order chi connectivity index (χ0) is 13.1. The Hall–Kier alpha value is -1.06. The lowest BCUT2D eigenvalue weighted by molar-refractivity contribution is 0.258. The Morgan fingerprint density at radius 2 is 2.16 bits per heavy atom. The largest absolute Gasteiger partial charge is 0.493 e. The SMILES string of the molecule is CN1CCCC1CNCC1CCOc2ccccc21. The second-order valence-electron chi connectivity index (χ2n) is 5.81. The van der Waals surface area contributed by atoms with Gasteiger partial charge in [0.1, 0.15) is 5.75 Å². The maximum atomic E-state index is 5.71. The molecule has 2 heterocycles. The van der Waals surface area contributed by atoms with Gasteiger partial charge < -0.3 is 15.0 Å². The average Bonchev–Trinajstić information content (AvgIpc) is 2.85. The average molecular weight is 260 g/mol. The molecule has 3 rings (SSSR count). The molecule has 0 spiro atoms. The molecular weight excluding hydrogens is 236 g/mol. The fraction of sp³-hybridized carbons (Fsp3) is 0.625. The zero-order valence-electron chi connectivity index (χ0n) is 11.8. The van der Waals surface area contributed by atoms with Gasteiger partial charge in [-0.15, -0.1) is 0 Å². The highest BCUT2D eigenvalue weighted by atomic mass is 16.5. The maximum absolute atomic E-state index is 5.71. The summed E-state index contributed by atoms with van der Waals surface area (Å²) in [5.41, 5.74) is 1.38. The van der Waals surface area contributed by atoms with Gasteiger partial charge in [0.15, 0.2) is 0 Å². The fourth-order valence-electron chi connectivity index (χ4n) is 3.29. The standard InChI is InChI=1S/C16H24N2O/c1-18-9-4-5-14(18)12-17-11-13-8-10-19-16-7-3-2-6-15(13)16/h2-3,6-7,13-14,17H,4-5,8-12H2,1H3. The summed E-state index contributed by atoms with van der Waals surface area (Å²) >= 11 is 0. The Morgan fingerprint density at radius 1 is 1.26 bits per heavy atom. The van der Waals surface area contributed by atoms with Crippen LogP contribution in [0.5, 0.6) is 5.75 Å². The van der Waals surface area contributed by atoms with E-state index in [9.17, 15) is 0 Å². The van der Waals surface area contributed by atoms with E-state index in [1.807, 2.05) is 0 Å². The van der Waals surface area contributed by atoms with E-state index in [4.69, 9.17) is 4.74 Å². The van der Waals surface area contributed by atoms with Gasteiger partial charge in [0.25, 0.3) is 0 Å². The third-order valence-electron chi connectivity index (χ3n) is 4.52. The van der Waals surface area contributed by atoms with Crippen LogP contribution in [-0.4, -0.2) is 44.2 Å². The first-order chi connectivity index (χ1) is 9.34. The van der Waals surface area contributed by atoms with Crippen molar-refractivity contribution < 1.29 is 4.74 Å². The number of likely N-dealkylation sites (N-methyl/N-ethyl adjacent to an activating group) is 1. The van der Waals surface area contributed by atoms with E-state index in [1.54, 1.807) is 0 Å². The van der Waals surface area contributed by atoms with Crippen LogP contribution < -0.4 is 10.1 Å². The summed E-state index contributed by atoms with van der Waals surface area (Å²) in [5, 5.41) is 3.67. The Labute approximate surface area is 115 Å². The predicted octanol–water partition coefficient (Wildman–Crippen LogP) is 2.24. The second kappa shape index (κ2) is 5.93. The molecule has 2 atom stereocenters. The van der Waals surface area contributed by atoms with Crippen LogP contribution in [0, 0.1) is 0 Å². The maximum Gasteiger partial charge on any atom is 0.122 e. The number of hydrogen-bond donors (Lipinski definition) is 1. The quantitative estimate of drug-likeness (QED) is 0.898. The number of hydrogen-bond acceptors (Lipinski definition) is 3. The van der Waals surface area contributed by atoms with Crippen LogP contribution in [0.2, 0.25) is 0 Å². The molecule has 1 N–H and O–H groups in total. The van der Waals surface area contributed by atoms with Gasteiger partial charge in [-0.25, -0.2) is 0 Å². The Morgan fingerprint density at radius 3 is 3.00 bits per heavy atom. The van der Waals surface area contributed by atoms with Crippen molar-refractivity contribution >= 4 is 0 Å². The molecule has 3 heteroatoms. The molecular formula is C16H24N2O. The Kier molecular flexibility index (Phi) is 4.04. The smallest absolute Gasteiger partial charge is 0.122 e. The van der Waals surface area contributed by atoms with Crippen molar-refractivity contribution in [3.05, 3.63) is 29.8 Å². The molecule has 0 aliphatic carbocycles. The molecule has 2 unspecified atom stereocenters. The van der Waals surface area contributed by atoms with E-state index in [0.29, 0.717) is 5.92 Å². The molecule has 19 heavy (non-hydrogen) atoms. The lowest BCUT2D eigenvalue weighted by Gasteiger charge is -2.27. The minimum atomic E-state index is 0.608. The highest BCUT2D eigenvalue weighted by Crippen LogP contribution is 2.32. The summed E-state index contributed by atoms with van der Waals surface area (Å²) in [7, 11) is 2.24. The summed E-state index contributed by atoms with van der Waals surface area (Å²) in [6, 6.07) is 9.21. The number of nitrogens with zero attached hydrogens (tertiary/aromatic N) is 1. The van der Waals surface area contributed by atoms with E-state index in [2.05, 4.69) is 41.5 Å². The van der Waals surface area contributed by atoms with Gasteiger partial charge in [0.2, 0.25) is 0 Å². The van der Waals surface area contributed by atoms with Gasteiger partial charge in [-0.2, -0.15) is 0 Å². The first-order valence-electron chi connectivity index (χ1n) is 7.47. The van der Waals surface area contributed by atoms with Crippen molar-refractivity contribution in [3.63, 3.8) is 0 Å². The molecule has 1 fully saturated rings. The summed E-state index contributed by atoms with van der Waals surface area (Å²) in [6.45, 7) is 4.31. The van der Waals surface area contributed by atoms with Crippen LogP contribution in [0.25, 0.3) is 0 Å². The van der Waals surface area contributed by atoms with E-state index in [1.165, 1.54) is 24.9 Å². The van der Waals surface area contributed by atoms with Gasteiger partial charge >= 0.3 is 0 Å². The van der Waals surface area contributed by atoms with Gasteiger partial charge in [-0.3, -0.25) is 0 Å². The normalized spacial score (nSPS) is 27.0. The lowest BCUT2D eigenvalue weighted by atomic mass is 9.93. The monoisotopic (exact) mass is 260 g/mol. The van der Waals surface area contributed by atoms with Crippen molar-refractivity contribution in [2.75, 3.05) is 33.3 Å². The summed E-state index contributed by atoms with van der Waals surface area (Å²) < 4.78 is 5.71. The van der Waals surface area contributed by atoms with Gasteiger partial charge in [-0.1, -0.05) is 18.2 Å². The van der Waals surface area contributed by atoms with E-state index >= 15 is 0 Å². The van der Waals surface area contributed by atoms with Crippen LogP contribution >= 0.6 is 0 Å². The Bertz CT molecular complexity index is 421. The number of benzene rings is 1. The van der Waals surface area contributed by atoms with Crippen LogP contribution in [0.15, 0.2) is 24.3 Å².